The van der Waals surface area contributed by atoms with Gasteiger partial charge in [0.2, 0.25) is 5.95 Å². The summed E-state index contributed by atoms with van der Waals surface area (Å²) in [5.41, 5.74) is 7.12. The zero-order valence-corrected chi connectivity index (χ0v) is 12.8. The molecule has 0 radical (unpaired) electrons. The van der Waals surface area contributed by atoms with E-state index in [4.69, 9.17) is 5.73 Å². The fourth-order valence-electron chi connectivity index (χ4n) is 2.67. The molecular weight excluding hydrogens is 276 g/mol. The summed E-state index contributed by atoms with van der Waals surface area (Å²) in [6, 6.07) is 12.5. The van der Waals surface area contributed by atoms with E-state index in [0.29, 0.717) is 24.4 Å². The van der Waals surface area contributed by atoms with Crippen LogP contribution in [0, 0.1) is 0 Å². The number of benzene rings is 1. The number of likely N-dealkylation sites (N-methyl/N-ethyl adjacent to an activating group) is 1. The van der Waals surface area contributed by atoms with Gasteiger partial charge >= 0.3 is 0 Å². The zero-order valence-electron chi connectivity index (χ0n) is 12.8. The molecule has 22 heavy (non-hydrogen) atoms. The second-order valence-electron chi connectivity index (χ2n) is 5.53. The minimum atomic E-state index is 0.494. The molecule has 1 atom stereocenters. The van der Waals surface area contributed by atoms with Crippen molar-refractivity contribution in [1.82, 2.24) is 15.3 Å². The van der Waals surface area contributed by atoms with Crippen molar-refractivity contribution >= 4 is 17.6 Å². The lowest BCUT2D eigenvalue weighted by Crippen LogP contribution is -2.30. The normalized spacial score (nSPS) is 17.7. The third-order valence-electron chi connectivity index (χ3n) is 3.95. The molecule has 1 aromatic heterocycles. The first kappa shape index (κ1) is 14.6. The van der Waals surface area contributed by atoms with E-state index in [9.17, 15) is 0 Å². The Morgan fingerprint density at radius 3 is 2.82 bits per heavy atom. The first-order valence-corrected chi connectivity index (χ1v) is 7.59. The molecule has 1 aliphatic heterocycles. The third-order valence-corrected chi connectivity index (χ3v) is 3.95. The van der Waals surface area contributed by atoms with Crippen LogP contribution in [0.1, 0.15) is 12.0 Å². The van der Waals surface area contributed by atoms with Gasteiger partial charge in [-0.05, 0) is 19.0 Å². The quantitative estimate of drug-likeness (QED) is 0.776. The van der Waals surface area contributed by atoms with E-state index in [2.05, 4.69) is 37.6 Å². The summed E-state index contributed by atoms with van der Waals surface area (Å²) >= 11 is 0. The maximum atomic E-state index is 5.93. The standard InChI is InChI=1S/C16H22N6/c1-18-13-7-8-22(11-13)15-9-14(17)20-16(21-15)19-10-12-5-3-2-4-6-12/h2-6,9,13,18H,7-8,10-11H2,1H3,(H3,17,19,20,21)/t13-/m1/s1. The first-order chi connectivity index (χ1) is 10.7. The van der Waals surface area contributed by atoms with Crippen LogP contribution in [0.3, 0.4) is 0 Å². The minimum absolute atomic E-state index is 0.494. The minimum Gasteiger partial charge on any atom is -0.383 e. The lowest BCUT2D eigenvalue weighted by molar-refractivity contribution is 0.616. The van der Waals surface area contributed by atoms with Gasteiger partial charge in [0, 0.05) is 31.7 Å². The third kappa shape index (κ3) is 3.46. The SMILES string of the molecule is CN[C@@H]1CCN(c2cc(N)nc(NCc3ccccc3)n2)C1. The van der Waals surface area contributed by atoms with E-state index in [1.165, 1.54) is 5.56 Å². The summed E-state index contributed by atoms with van der Waals surface area (Å²) in [7, 11) is 2.00. The molecule has 1 saturated heterocycles. The maximum Gasteiger partial charge on any atom is 0.226 e. The molecule has 0 unspecified atom stereocenters. The largest absolute Gasteiger partial charge is 0.383 e. The number of anilines is 3. The molecular formula is C16H22N6. The smallest absolute Gasteiger partial charge is 0.226 e. The van der Waals surface area contributed by atoms with Crippen molar-refractivity contribution in [1.29, 1.82) is 0 Å². The Bertz CT molecular complexity index is 615. The van der Waals surface area contributed by atoms with Gasteiger partial charge in [-0.25, -0.2) is 0 Å². The fraction of sp³-hybridized carbons (Fsp3) is 0.375. The zero-order chi connectivity index (χ0) is 15.4. The number of nitrogens with one attached hydrogen (secondary N) is 2. The Labute approximate surface area is 130 Å². The second-order valence-corrected chi connectivity index (χ2v) is 5.53. The Kier molecular flexibility index (Phi) is 4.39. The Balaban J connectivity index is 1.70. The molecule has 0 aliphatic carbocycles. The summed E-state index contributed by atoms with van der Waals surface area (Å²) in [4.78, 5) is 11.1. The van der Waals surface area contributed by atoms with Gasteiger partial charge in [-0.3, -0.25) is 0 Å². The molecule has 0 spiro atoms. The van der Waals surface area contributed by atoms with Crippen molar-refractivity contribution in [3.05, 3.63) is 42.0 Å². The highest BCUT2D eigenvalue weighted by atomic mass is 15.3. The molecule has 1 aliphatic rings. The van der Waals surface area contributed by atoms with Gasteiger partial charge < -0.3 is 21.3 Å². The summed E-state index contributed by atoms with van der Waals surface area (Å²) in [5, 5.41) is 6.55. The topological polar surface area (TPSA) is 79.1 Å². The van der Waals surface area contributed by atoms with Gasteiger partial charge in [0.1, 0.15) is 11.6 Å². The van der Waals surface area contributed by atoms with Gasteiger partial charge in [0.15, 0.2) is 0 Å². The van der Waals surface area contributed by atoms with E-state index < -0.39 is 0 Å². The summed E-state index contributed by atoms with van der Waals surface area (Å²) < 4.78 is 0. The number of nitrogens with zero attached hydrogens (tertiary/aromatic N) is 3. The molecule has 0 amide bonds. The Morgan fingerprint density at radius 2 is 2.09 bits per heavy atom. The van der Waals surface area contributed by atoms with Gasteiger partial charge in [-0.15, -0.1) is 0 Å². The van der Waals surface area contributed by atoms with Crippen LogP contribution in [0.2, 0.25) is 0 Å². The van der Waals surface area contributed by atoms with Gasteiger partial charge in [0.25, 0.3) is 0 Å². The molecule has 3 rings (SSSR count). The highest BCUT2D eigenvalue weighted by Gasteiger charge is 2.22. The van der Waals surface area contributed by atoms with Gasteiger partial charge in [-0.1, -0.05) is 30.3 Å². The van der Waals surface area contributed by atoms with Crippen molar-refractivity contribution in [3.8, 4) is 0 Å². The predicted octanol–water partition coefficient (Wildman–Crippen LogP) is 1.47. The lowest BCUT2D eigenvalue weighted by Gasteiger charge is -2.18. The summed E-state index contributed by atoms with van der Waals surface area (Å²) in [6.07, 6.45) is 1.12. The maximum absolute atomic E-state index is 5.93. The van der Waals surface area contributed by atoms with Crippen LogP contribution in [0.4, 0.5) is 17.6 Å². The van der Waals surface area contributed by atoms with E-state index in [1.54, 1.807) is 0 Å². The molecule has 1 aromatic carbocycles. The van der Waals surface area contributed by atoms with Gasteiger partial charge in [-0.2, -0.15) is 9.97 Å². The molecule has 1 fully saturated rings. The average Bonchev–Trinajstić information content (AvgIpc) is 3.03. The molecule has 2 heterocycles. The molecule has 0 saturated carbocycles. The van der Waals surface area contributed by atoms with E-state index in [-0.39, 0.29) is 0 Å². The highest BCUT2D eigenvalue weighted by Crippen LogP contribution is 2.21. The summed E-state index contributed by atoms with van der Waals surface area (Å²) in [5.74, 6) is 1.96. The number of hydrogen-bond acceptors (Lipinski definition) is 6. The fourth-order valence-corrected chi connectivity index (χ4v) is 2.67. The molecule has 0 bridgehead atoms. The molecule has 4 N–H and O–H groups in total. The van der Waals surface area contributed by atoms with Crippen molar-refractivity contribution in [2.45, 2.75) is 19.0 Å². The second kappa shape index (κ2) is 6.62. The molecule has 6 nitrogen and oxygen atoms in total. The first-order valence-electron chi connectivity index (χ1n) is 7.59. The Hall–Kier alpha value is -2.34. The molecule has 116 valence electrons. The van der Waals surface area contributed by atoms with Crippen molar-refractivity contribution in [3.63, 3.8) is 0 Å². The number of nitrogen functional groups attached to an aromatic ring is 1. The van der Waals surface area contributed by atoms with E-state index >= 15 is 0 Å². The highest BCUT2D eigenvalue weighted by molar-refractivity contribution is 5.52. The Morgan fingerprint density at radius 1 is 1.27 bits per heavy atom. The number of nitrogens with two attached hydrogens (primary N) is 1. The van der Waals surface area contributed by atoms with Crippen LogP contribution < -0.4 is 21.3 Å². The monoisotopic (exact) mass is 298 g/mol. The van der Waals surface area contributed by atoms with E-state index in [0.717, 1.165) is 25.3 Å². The van der Waals surface area contributed by atoms with Crippen LogP contribution in [0.25, 0.3) is 0 Å². The van der Waals surface area contributed by atoms with Gasteiger partial charge in [0.05, 0.1) is 0 Å². The molecule has 6 heteroatoms. The van der Waals surface area contributed by atoms with E-state index in [1.807, 2.05) is 31.3 Å². The van der Waals surface area contributed by atoms with Crippen LogP contribution >= 0.6 is 0 Å². The summed E-state index contributed by atoms with van der Waals surface area (Å²) in [6.45, 7) is 2.62. The van der Waals surface area contributed by atoms with Crippen molar-refractivity contribution in [2.75, 3.05) is 36.1 Å². The average molecular weight is 298 g/mol. The van der Waals surface area contributed by atoms with Crippen LogP contribution in [0.5, 0.6) is 0 Å². The number of hydrogen-bond donors (Lipinski definition) is 3. The van der Waals surface area contributed by atoms with Crippen molar-refractivity contribution < 1.29 is 0 Å². The lowest BCUT2D eigenvalue weighted by atomic mass is 10.2. The number of aromatic nitrogens is 2. The van der Waals surface area contributed by atoms with Crippen LogP contribution in [-0.4, -0.2) is 36.1 Å². The van der Waals surface area contributed by atoms with Crippen molar-refractivity contribution in [2.24, 2.45) is 0 Å². The number of rotatable bonds is 5. The van der Waals surface area contributed by atoms with Crippen LogP contribution in [-0.2, 0) is 6.54 Å². The van der Waals surface area contributed by atoms with Crippen LogP contribution in [0.15, 0.2) is 36.4 Å². The predicted molar refractivity (Wildman–Crippen MR) is 89.9 cm³/mol. The molecule has 2 aromatic rings.